The number of hydrogen-bond acceptors (Lipinski definition) is 3. The van der Waals surface area contributed by atoms with Crippen LogP contribution in [0.3, 0.4) is 0 Å². The van der Waals surface area contributed by atoms with Gasteiger partial charge in [-0.15, -0.1) is 0 Å². The largest absolute Gasteiger partial charge is 0.384 e. The van der Waals surface area contributed by atoms with E-state index < -0.39 is 0 Å². The van der Waals surface area contributed by atoms with E-state index in [4.69, 9.17) is 5.73 Å². The zero-order chi connectivity index (χ0) is 13.9. The number of nitrogen functional groups attached to an aromatic ring is 1. The van der Waals surface area contributed by atoms with Gasteiger partial charge in [-0.2, -0.15) is 0 Å². The summed E-state index contributed by atoms with van der Waals surface area (Å²) in [7, 11) is 0. The molecule has 0 spiro atoms. The van der Waals surface area contributed by atoms with Gasteiger partial charge in [0.05, 0.1) is 5.69 Å². The van der Waals surface area contributed by atoms with Crippen LogP contribution in [0.1, 0.15) is 0 Å². The Bertz CT molecular complexity index is 742. The summed E-state index contributed by atoms with van der Waals surface area (Å²) in [5, 5.41) is 0. The van der Waals surface area contributed by atoms with Gasteiger partial charge in [0.1, 0.15) is 11.6 Å². The maximum absolute atomic E-state index is 13.3. The van der Waals surface area contributed by atoms with Crippen LogP contribution in [0.4, 0.5) is 10.2 Å². The predicted molar refractivity (Wildman–Crippen MR) is 77.3 cm³/mol. The quantitative estimate of drug-likeness (QED) is 0.771. The molecule has 3 aromatic rings. The molecule has 3 nitrogen and oxygen atoms in total. The minimum absolute atomic E-state index is 0.324. The summed E-state index contributed by atoms with van der Waals surface area (Å²) in [6, 6.07) is 17.5. The molecule has 0 bridgehead atoms. The minimum atomic E-state index is -0.324. The molecule has 0 unspecified atom stereocenters. The van der Waals surface area contributed by atoms with Crippen LogP contribution in [0, 0.1) is 5.82 Å². The van der Waals surface area contributed by atoms with Crippen LogP contribution in [0.15, 0.2) is 60.7 Å². The van der Waals surface area contributed by atoms with Crippen molar-refractivity contribution in [1.29, 1.82) is 0 Å². The van der Waals surface area contributed by atoms with E-state index in [0.717, 1.165) is 11.3 Å². The molecule has 0 aliphatic rings. The molecular weight excluding hydrogens is 253 g/mol. The van der Waals surface area contributed by atoms with Crippen molar-refractivity contribution >= 4 is 5.82 Å². The van der Waals surface area contributed by atoms with Gasteiger partial charge in [-0.25, -0.2) is 14.4 Å². The fourth-order valence-electron chi connectivity index (χ4n) is 1.98. The highest BCUT2D eigenvalue weighted by molar-refractivity contribution is 5.66. The highest BCUT2D eigenvalue weighted by Crippen LogP contribution is 2.23. The van der Waals surface area contributed by atoms with Crippen molar-refractivity contribution in [3.63, 3.8) is 0 Å². The second-order valence-electron chi connectivity index (χ2n) is 4.38. The molecule has 98 valence electrons. The fourth-order valence-corrected chi connectivity index (χ4v) is 1.98. The van der Waals surface area contributed by atoms with Crippen molar-refractivity contribution in [2.75, 3.05) is 5.73 Å². The van der Waals surface area contributed by atoms with Crippen LogP contribution in [0.25, 0.3) is 22.6 Å². The average molecular weight is 265 g/mol. The first-order valence-corrected chi connectivity index (χ1v) is 6.18. The number of nitrogens with zero attached hydrogens (tertiary/aromatic N) is 2. The van der Waals surface area contributed by atoms with Gasteiger partial charge in [0.15, 0.2) is 5.82 Å². The van der Waals surface area contributed by atoms with Gasteiger partial charge < -0.3 is 5.73 Å². The number of rotatable bonds is 2. The number of halogens is 1. The molecule has 2 aromatic carbocycles. The van der Waals surface area contributed by atoms with Crippen LogP contribution >= 0.6 is 0 Å². The summed E-state index contributed by atoms with van der Waals surface area (Å²) in [5.41, 5.74) is 8.10. The van der Waals surface area contributed by atoms with Gasteiger partial charge >= 0.3 is 0 Å². The molecule has 0 aliphatic carbocycles. The van der Waals surface area contributed by atoms with Crippen molar-refractivity contribution in [2.45, 2.75) is 0 Å². The Labute approximate surface area is 115 Å². The fraction of sp³-hybridized carbons (Fsp3) is 0. The number of nitrogens with two attached hydrogens (primary N) is 1. The first kappa shape index (κ1) is 12.3. The number of anilines is 1. The van der Waals surface area contributed by atoms with Crippen LogP contribution in [0.2, 0.25) is 0 Å². The molecule has 0 amide bonds. The summed E-state index contributed by atoms with van der Waals surface area (Å²) in [4.78, 5) is 8.63. The Kier molecular flexibility index (Phi) is 3.13. The minimum Gasteiger partial charge on any atom is -0.384 e. The second-order valence-corrected chi connectivity index (χ2v) is 4.38. The molecule has 0 saturated carbocycles. The molecule has 0 aliphatic heterocycles. The van der Waals surface area contributed by atoms with Crippen molar-refractivity contribution in [3.05, 3.63) is 66.5 Å². The normalized spacial score (nSPS) is 10.4. The topological polar surface area (TPSA) is 51.8 Å². The lowest BCUT2D eigenvalue weighted by Crippen LogP contribution is -1.98. The molecule has 4 heteroatoms. The lowest BCUT2D eigenvalue weighted by atomic mass is 10.1. The lowest BCUT2D eigenvalue weighted by molar-refractivity contribution is 0.628. The van der Waals surface area contributed by atoms with E-state index in [9.17, 15) is 4.39 Å². The second kappa shape index (κ2) is 5.09. The first-order valence-electron chi connectivity index (χ1n) is 6.18. The van der Waals surface area contributed by atoms with Crippen molar-refractivity contribution in [1.82, 2.24) is 9.97 Å². The number of benzene rings is 2. The highest BCUT2D eigenvalue weighted by Gasteiger charge is 2.07. The van der Waals surface area contributed by atoms with E-state index in [1.54, 1.807) is 18.2 Å². The Morgan fingerprint density at radius 3 is 2.30 bits per heavy atom. The van der Waals surface area contributed by atoms with E-state index in [1.165, 1.54) is 12.1 Å². The summed E-state index contributed by atoms with van der Waals surface area (Å²) < 4.78 is 13.3. The zero-order valence-corrected chi connectivity index (χ0v) is 10.6. The van der Waals surface area contributed by atoms with E-state index in [1.807, 2.05) is 30.3 Å². The molecule has 0 atom stereocenters. The molecule has 0 radical (unpaired) electrons. The lowest BCUT2D eigenvalue weighted by Gasteiger charge is -2.06. The van der Waals surface area contributed by atoms with Crippen molar-refractivity contribution in [3.8, 4) is 22.6 Å². The van der Waals surface area contributed by atoms with Crippen LogP contribution < -0.4 is 5.73 Å². The van der Waals surface area contributed by atoms with E-state index in [-0.39, 0.29) is 5.82 Å². The molecule has 2 N–H and O–H groups in total. The van der Waals surface area contributed by atoms with Gasteiger partial charge in [0.25, 0.3) is 0 Å². The Morgan fingerprint density at radius 2 is 1.55 bits per heavy atom. The van der Waals surface area contributed by atoms with E-state index in [0.29, 0.717) is 17.2 Å². The smallest absolute Gasteiger partial charge is 0.162 e. The van der Waals surface area contributed by atoms with Gasteiger partial charge in [0, 0.05) is 17.2 Å². The maximum atomic E-state index is 13.3. The summed E-state index contributed by atoms with van der Waals surface area (Å²) in [6.45, 7) is 0. The number of hydrogen-bond donors (Lipinski definition) is 1. The summed E-state index contributed by atoms with van der Waals surface area (Å²) in [5.74, 6) is 0.455. The van der Waals surface area contributed by atoms with Crippen LogP contribution in [0.5, 0.6) is 0 Å². The molecule has 3 rings (SSSR count). The Hall–Kier alpha value is -2.75. The van der Waals surface area contributed by atoms with Gasteiger partial charge in [0.2, 0.25) is 0 Å². The molecule has 1 aromatic heterocycles. The highest BCUT2D eigenvalue weighted by atomic mass is 19.1. The van der Waals surface area contributed by atoms with E-state index >= 15 is 0 Å². The first-order chi connectivity index (χ1) is 9.72. The van der Waals surface area contributed by atoms with Crippen molar-refractivity contribution < 1.29 is 4.39 Å². The molecule has 0 saturated heterocycles. The van der Waals surface area contributed by atoms with Gasteiger partial charge in [-0.3, -0.25) is 0 Å². The van der Waals surface area contributed by atoms with Crippen LogP contribution in [-0.4, -0.2) is 9.97 Å². The van der Waals surface area contributed by atoms with Crippen LogP contribution in [-0.2, 0) is 0 Å². The van der Waals surface area contributed by atoms with Gasteiger partial charge in [-0.1, -0.05) is 42.5 Å². The predicted octanol–water partition coefficient (Wildman–Crippen LogP) is 3.53. The maximum Gasteiger partial charge on any atom is 0.162 e. The SMILES string of the molecule is Nc1cc(-c2ccccc2)nc(-c2cccc(F)c2)n1. The third-order valence-corrected chi connectivity index (χ3v) is 2.90. The standard InChI is InChI=1S/C16H12FN3/c17-13-8-4-7-12(9-13)16-19-14(10-15(18)20-16)11-5-2-1-3-6-11/h1-10H,(H2,18,19,20). The summed E-state index contributed by atoms with van der Waals surface area (Å²) in [6.07, 6.45) is 0. The Morgan fingerprint density at radius 1 is 0.800 bits per heavy atom. The monoisotopic (exact) mass is 265 g/mol. The molecule has 1 heterocycles. The summed E-state index contributed by atoms with van der Waals surface area (Å²) >= 11 is 0. The van der Waals surface area contributed by atoms with Gasteiger partial charge in [-0.05, 0) is 12.1 Å². The zero-order valence-electron chi connectivity index (χ0n) is 10.6. The average Bonchev–Trinajstić information content (AvgIpc) is 2.47. The molecule has 0 fully saturated rings. The Balaban J connectivity index is 2.12. The third-order valence-electron chi connectivity index (χ3n) is 2.90. The van der Waals surface area contributed by atoms with E-state index in [2.05, 4.69) is 9.97 Å². The molecular formula is C16H12FN3. The number of aromatic nitrogens is 2. The third kappa shape index (κ3) is 2.49. The molecule has 20 heavy (non-hydrogen) atoms. The van der Waals surface area contributed by atoms with Crippen molar-refractivity contribution in [2.24, 2.45) is 0 Å².